The van der Waals surface area contributed by atoms with Crippen molar-refractivity contribution in [1.82, 2.24) is 9.97 Å². The Bertz CT molecular complexity index is 435. The van der Waals surface area contributed by atoms with Gasteiger partial charge in [-0.2, -0.15) is 0 Å². The van der Waals surface area contributed by atoms with E-state index in [9.17, 15) is 4.79 Å². The summed E-state index contributed by atoms with van der Waals surface area (Å²) in [4.78, 5) is 20.4. The van der Waals surface area contributed by atoms with Gasteiger partial charge in [0.05, 0.1) is 12.4 Å². The summed E-state index contributed by atoms with van der Waals surface area (Å²) in [6.07, 6.45) is 3.58. The zero-order valence-electron chi connectivity index (χ0n) is 9.78. The molecule has 0 radical (unpaired) electrons. The number of halogens is 1. The molecule has 1 aromatic heterocycles. The zero-order valence-corrected chi connectivity index (χ0v) is 11.4. The van der Waals surface area contributed by atoms with Crippen LogP contribution in [0.1, 0.15) is 19.8 Å². The number of hydrogen-bond acceptors (Lipinski definition) is 4. The van der Waals surface area contributed by atoms with Crippen LogP contribution in [0.2, 0.25) is 0 Å². The minimum Gasteiger partial charge on any atom is -0.376 e. The van der Waals surface area contributed by atoms with Crippen molar-refractivity contribution in [2.24, 2.45) is 0 Å². The number of aromatic amines is 1. The average molecular weight is 302 g/mol. The lowest BCUT2D eigenvalue weighted by Gasteiger charge is -2.24. The van der Waals surface area contributed by atoms with Crippen molar-refractivity contribution >= 4 is 21.7 Å². The van der Waals surface area contributed by atoms with Gasteiger partial charge < -0.3 is 14.6 Å². The predicted molar refractivity (Wildman–Crippen MR) is 69.4 cm³/mol. The van der Waals surface area contributed by atoms with Crippen molar-refractivity contribution in [2.45, 2.75) is 25.9 Å². The number of anilines is 1. The van der Waals surface area contributed by atoms with E-state index >= 15 is 0 Å². The number of H-pyrrole nitrogens is 1. The summed E-state index contributed by atoms with van der Waals surface area (Å²) >= 11 is 3.29. The molecule has 0 bridgehead atoms. The average Bonchev–Trinajstić information content (AvgIpc) is 2.58. The predicted octanol–water partition coefficient (Wildman–Crippen LogP) is 1.54. The molecule has 0 amide bonds. The van der Waals surface area contributed by atoms with Crippen molar-refractivity contribution < 1.29 is 4.74 Å². The fourth-order valence-corrected chi connectivity index (χ4v) is 2.40. The molecule has 1 unspecified atom stereocenters. The summed E-state index contributed by atoms with van der Waals surface area (Å²) in [7, 11) is 0. The molecule has 1 fully saturated rings. The molecule has 1 aliphatic heterocycles. The van der Waals surface area contributed by atoms with Gasteiger partial charge in [0.15, 0.2) is 0 Å². The Morgan fingerprint density at radius 2 is 2.53 bits per heavy atom. The highest BCUT2D eigenvalue weighted by Gasteiger charge is 2.20. The molecule has 2 rings (SSSR count). The van der Waals surface area contributed by atoms with Crippen LogP contribution in [0.5, 0.6) is 0 Å². The summed E-state index contributed by atoms with van der Waals surface area (Å²) < 4.78 is 6.20. The third kappa shape index (κ3) is 2.87. The van der Waals surface area contributed by atoms with E-state index in [1.54, 1.807) is 0 Å². The highest BCUT2D eigenvalue weighted by atomic mass is 79.9. The van der Waals surface area contributed by atoms with Gasteiger partial charge in [0.25, 0.3) is 5.56 Å². The van der Waals surface area contributed by atoms with E-state index in [0.29, 0.717) is 10.3 Å². The molecule has 2 heterocycles. The lowest BCUT2D eigenvalue weighted by atomic mass is 10.2. The maximum absolute atomic E-state index is 11.5. The van der Waals surface area contributed by atoms with Crippen LogP contribution in [-0.2, 0) is 4.74 Å². The standard InChI is InChI=1S/C11H16BrN3O2/c1-2-8-6-15(4-3-5-17-8)10-9(12)11(16)14-7-13-10/h7-8H,2-6H2,1H3,(H,13,14,16). The van der Waals surface area contributed by atoms with E-state index < -0.39 is 0 Å². The molecular formula is C11H16BrN3O2. The first kappa shape index (κ1) is 12.6. The van der Waals surface area contributed by atoms with E-state index in [1.807, 2.05) is 0 Å². The van der Waals surface area contributed by atoms with Crippen molar-refractivity contribution in [3.05, 3.63) is 21.2 Å². The van der Waals surface area contributed by atoms with Gasteiger partial charge in [0.1, 0.15) is 10.3 Å². The van der Waals surface area contributed by atoms with Gasteiger partial charge in [-0.1, -0.05) is 6.92 Å². The van der Waals surface area contributed by atoms with Gasteiger partial charge >= 0.3 is 0 Å². The van der Waals surface area contributed by atoms with Crippen LogP contribution in [0.4, 0.5) is 5.82 Å². The Kier molecular flexibility index (Phi) is 4.17. The van der Waals surface area contributed by atoms with Gasteiger partial charge in [0.2, 0.25) is 0 Å². The van der Waals surface area contributed by atoms with Gasteiger partial charge in [-0.15, -0.1) is 0 Å². The second kappa shape index (κ2) is 5.64. The van der Waals surface area contributed by atoms with Crippen LogP contribution in [0.25, 0.3) is 0 Å². The number of rotatable bonds is 2. The summed E-state index contributed by atoms with van der Waals surface area (Å²) in [6.45, 7) is 4.53. The fraction of sp³-hybridized carbons (Fsp3) is 0.636. The summed E-state index contributed by atoms with van der Waals surface area (Å²) in [5.74, 6) is 0.706. The first-order valence-electron chi connectivity index (χ1n) is 5.82. The van der Waals surface area contributed by atoms with Crippen LogP contribution in [0, 0.1) is 0 Å². The molecule has 5 nitrogen and oxygen atoms in total. The van der Waals surface area contributed by atoms with E-state index in [2.05, 4.69) is 37.7 Å². The molecule has 1 atom stereocenters. The van der Waals surface area contributed by atoms with Crippen LogP contribution in [0.3, 0.4) is 0 Å². The Labute approximate surface area is 108 Å². The van der Waals surface area contributed by atoms with Gasteiger partial charge in [-0.25, -0.2) is 4.98 Å². The molecule has 0 aromatic carbocycles. The molecule has 0 saturated carbocycles. The minimum atomic E-state index is -0.145. The van der Waals surface area contributed by atoms with Crippen LogP contribution < -0.4 is 10.5 Å². The second-order valence-electron chi connectivity index (χ2n) is 4.07. The lowest BCUT2D eigenvalue weighted by molar-refractivity contribution is 0.0664. The summed E-state index contributed by atoms with van der Waals surface area (Å²) in [5.41, 5.74) is -0.145. The SMILES string of the molecule is CCC1CN(c2nc[nH]c(=O)c2Br)CCCO1. The number of aromatic nitrogens is 2. The van der Waals surface area contributed by atoms with Gasteiger partial charge in [0, 0.05) is 19.7 Å². The number of ether oxygens (including phenoxy) is 1. The molecule has 1 saturated heterocycles. The Morgan fingerprint density at radius 3 is 3.29 bits per heavy atom. The third-order valence-electron chi connectivity index (χ3n) is 2.88. The molecule has 1 aliphatic rings. The molecule has 1 N–H and O–H groups in total. The molecule has 1 aromatic rings. The zero-order chi connectivity index (χ0) is 12.3. The molecule has 94 valence electrons. The van der Waals surface area contributed by atoms with Crippen molar-refractivity contribution in [3.63, 3.8) is 0 Å². The van der Waals surface area contributed by atoms with Gasteiger partial charge in [-0.05, 0) is 28.8 Å². The molecule has 6 heteroatoms. The third-order valence-corrected chi connectivity index (χ3v) is 3.60. The van der Waals surface area contributed by atoms with E-state index in [4.69, 9.17) is 4.74 Å². The van der Waals surface area contributed by atoms with E-state index in [1.165, 1.54) is 6.33 Å². The summed E-state index contributed by atoms with van der Waals surface area (Å²) in [5, 5.41) is 0. The maximum atomic E-state index is 11.5. The lowest BCUT2D eigenvalue weighted by Crippen LogP contribution is -2.33. The van der Waals surface area contributed by atoms with Crippen molar-refractivity contribution in [3.8, 4) is 0 Å². The fourth-order valence-electron chi connectivity index (χ4n) is 1.93. The Balaban J connectivity index is 2.25. The largest absolute Gasteiger partial charge is 0.376 e. The monoisotopic (exact) mass is 301 g/mol. The van der Waals surface area contributed by atoms with Gasteiger partial charge in [-0.3, -0.25) is 4.79 Å². The quantitative estimate of drug-likeness (QED) is 0.900. The number of nitrogens with zero attached hydrogens (tertiary/aromatic N) is 2. The van der Waals surface area contributed by atoms with Crippen LogP contribution in [-0.4, -0.2) is 35.8 Å². The smallest absolute Gasteiger partial charge is 0.267 e. The van der Waals surface area contributed by atoms with Crippen molar-refractivity contribution in [2.75, 3.05) is 24.6 Å². The van der Waals surface area contributed by atoms with Crippen LogP contribution >= 0.6 is 15.9 Å². The van der Waals surface area contributed by atoms with E-state index in [-0.39, 0.29) is 11.7 Å². The molecule has 17 heavy (non-hydrogen) atoms. The summed E-state index contributed by atoms with van der Waals surface area (Å²) in [6, 6.07) is 0. The highest BCUT2D eigenvalue weighted by molar-refractivity contribution is 9.10. The number of hydrogen-bond donors (Lipinski definition) is 1. The Morgan fingerprint density at radius 1 is 1.71 bits per heavy atom. The topological polar surface area (TPSA) is 58.2 Å². The molecular weight excluding hydrogens is 286 g/mol. The van der Waals surface area contributed by atoms with E-state index in [0.717, 1.165) is 32.5 Å². The first-order valence-corrected chi connectivity index (χ1v) is 6.61. The second-order valence-corrected chi connectivity index (χ2v) is 4.86. The van der Waals surface area contributed by atoms with Crippen molar-refractivity contribution in [1.29, 1.82) is 0 Å². The Hall–Kier alpha value is -0.880. The molecule has 0 spiro atoms. The highest BCUT2D eigenvalue weighted by Crippen LogP contribution is 2.21. The first-order chi connectivity index (χ1) is 8.22. The van der Waals surface area contributed by atoms with Crippen LogP contribution in [0.15, 0.2) is 15.6 Å². The number of nitrogens with one attached hydrogen (secondary N) is 1. The minimum absolute atomic E-state index is 0.145. The molecule has 0 aliphatic carbocycles. The maximum Gasteiger partial charge on any atom is 0.267 e. The normalized spacial score (nSPS) is 21.3.